The van der Waals surface area contributed by atoms with Gasteiger partial charge in [-0.1, -0.05) is 53.7 Å². The molecule has 7 heteroatoms. The van der Waals surface area contributed by atoms with Gasteiger partial charge in [-0.25, -0.2) is 4.79 Å². The summed E-state index contributed by atoms with van der Waals surface area (Å²) >= 11 is 0. The van der Waals surface area contributed by atoms with Gasteiger partial charge in [0.05, 0.1) is 0 Å². The van der Waals surface area contributed by atoms with Crippen LogP contribution < -0.4 is 5.32 Å². The Morgan fingerprint density at radius 1 is 1.15 bits per heavy atom. The van der Waals surface area contributed by atoms with Crippen LogP contribution in [0.5, 0.6) is 0 Å². The number of fused-ring (bicyclic) bond motifs is 1. The summed E-state index contributed by atoms with van der Waals surface area (Å²) in [6.07, 6.45) is 1.67. The summed E-state index contributed by atoms with van der Waals surface area (Å²) in [6, 6.07) is 17.0. The van der Waals surface area contributed by atoms with Crippen molar-refractivity contribution in [1.29, 1.82) is 0 Å². The standard InChI is InChI=1S/C20H18N4O3/c25-20(26)22-17(11-14-12-21-16-9-5-4-8-15(14)16)19-23-18(24-27-19)10-13-6-2-1-3-7-13/h1-9,12,17,21-22H,10-11H2,(H,25,26). The second-order valence-electron chi connectivity index (χ2n) is 6.28. The van der Waals surface area contributed by atoms with Crippen LogP contribution in [0, 0.1) is 0 Å². The molecule has 4 aromatic rings. The number of carbonyl (C=O) groups is 1. The van der Waals surface area contributed by atoms with Gasteiger partial charge in [0.15, 0.2) is 5.82 Å². The van der Waals surface area contributed by atoms with Crippen LogP contribution in [0.1, 0.15) is 28.9 Å². The molecule has 0 radical (unpaired) electrons. The van der Waals surface area contributed by atoms with Crippen molar-refractivity contribution < 1.29 is 14.4 Å². The molecule has 136 valence electrons. The first kappa shape index (κ1) is 16.8. The van der Waals surface area contributed by atoms with Crippen molar-refractivity contribution >= 4 is 17.0 Å². The summed E-state index contributed by atoms with van der Waals surface area (Å²) in [5.74, 6) is 0.779. The smallest absolute Gasteiger partial charge is 0.405 e. The molecule has 0 spiro atoms. The number of carboxylic acid groups (broad SMARTS) is 1. The molecule has 2 aromatic carbocycles. The van der Waals surface area contributed by atoms with Gasteiger partial charge in [0.25, 0.3) is 0 Å². The molecule has 0 bridgehead atoms. The highest BCUT2D eigenvalue weighted by Crippen LogP contribution is 2.24. The van der Waals surface area contributed by atoms with E-state index >= 15 is 0 Å². The zero-order valence-electron chi connectivity index (χ0n) is 14.4. The average Bonchev–Trinajstić information content (AvgIpc) is 3.29. The van der Waals surface area contributed by atoms with Crippen molar-refractivity contribution in [2.45, 2.75) is 18.9 Å². The van der Waals surface area contributed by atoms with Crippen LogP contribution in [0.25, 0.3) is 10.9 Å². The molecule has 4 rings (SSSR count). The predicted octanol–water partition coefficient (Wildman–Crippen LogP) is 3.69. The molecule has 3 N–H and O–H groups in total. The largest absolute Gasteiger partial charge is 0.465 e. The Balaban J connectivity index is 1.58. The normalized spacial score (nSPS) is 12.1. The monoisotopic (exact) mass is 362 g/mol. The molecule has 0 aliphatic heterocycles. The minimum Gasteiger partial charge on any atom is -0.465 e. The molecule has 1 amide bonds. The maximum Gasteiger partial charge on any atom is 0.405 e. The number of amides is 1. The number of nitrogens with one attached hydrogen (secondary N) is 2. The number of rotatable bonds is 6. The summed E-state index contributed by atoms with van der Waals surface area (Å²) in [6.45, 7) is 0. The Kier molecular flexibility index (Phi) is 4.57. The number of benzene rings is 2. The Bertz CT molecular complexity index is 1060. The zero-order chi connectivity index (χ0) is 18.6. The lowest BCUT2D eigenvalue weighted by Gasteiger charge is -2.12. The Hall–Kier alpha value is -3.61. The van der Waals surface area contributed by atoms with Crippen LogP contribution in [-0.2, 0) is 12.8 Å². The van der Waals surface area contributed by atoms with Gasteiger partial charge in [-0.3, -0.25) is 0 Å². The van der Waals surface area contributed by atoms with Gasteiger partial charge < -0.3 is 19.9 Å². The van der Waals surface area contributed by atoms with Crippen LogP contribution in [0.15, 0.2) is 65.3 Å². The van der Waals surface area contributed by atoms with Crippen molar-refractivity contribution in [3.8, 4) is 0 Å². The topological polar surface area (TPSA) is 104 Å². The summed E-state index contributed by atoms with van der Waals surface area (Å²) < 4.78 is 5.36. The zero-order valence-corrected chi connectivity index (χ0v) is 14.4. The van der Waals surface area contributed by atoms with Crippen molar-refractivity contribution in [1.82, 2.24) is 20.4 Å². The van der Waals surface area contributed by atoms with E-state index in [1.807, 2.05) is 60.8 Å². The first-order valence-corrected chi connectivity index (χ1v) is 8.60. The van der Waals surface area contributed by atoms with E-state index in [-0.39, 0.29) is 5.89 Å². The maximum atomic E-state index is 11.3. The van der Waals surface area contributed by atoms with Crippen LogP contribution >= 0.6 is 0 Å². The Morgan fingerprint density at radius 2 is 1.93 bits per heavy atom. The molecular weight excluding hydrogens is 344 g/mol. The molecule has 0 fully saturated rings. The summed E-state index contributed by atoms with van der Waals surface area (Å²) in [4.78, 5) is 18.9. The van der Waals surface area contributed by atoms with Crippen LogP contribution in [-0.4, -0.2) is 26.3 Å². The highest BCUT2D eigenvalue weighted by Gasteiger charge is 2.23. The van der Waals surface area contributed by atoms with Crippen LogP contribution in [0.4, 0.5) is 4.79 Å². The minimum absolute atomic E-state index is 0.258. The van der Waals surface area contributed by atoms with Gasteiger partial charge >= 0.3 is 6.09 Å². The quantitative estimate of drug-likeness (QED) is 0.485. The predicted molar refractivity (Wildman–Crippen MR) is 99.5 cm³/mol. The van der Waals surface area contributed by atoms with E-state index in [2.05, 4.69) is 20.4 Å². The fourth-order valence-corrected chi connectivity index (χ4v) is 3.13. The van der Waals surface area contributed by atoms with Gasteiger partial charge in [-0.2, -0.15) is 4.98 Å². The molecular formula is C20H18N4O3. The van der Waals surface area contributed by atoms with Gasteiger partial charge in [0, 0.05) is 29.9 Å². The highest BCUT2D eigenvalue weighted by molar-refractivity contribution is 5.83. The highest BCUT2D eigenvalue weighted by atomic mass is 16.5. The molecule has 0 aliphatic carbocycles. The Labute approximate surface area is 155 Å². The van der Waals surface area contributed by atoms with Crippen LogP contribution in [0.2, 0.25) is 0 Å². The minimum atomic E-state index is -1.14. The fourth-order valence-electron chi connectivity index (χ4n) is 3.13. The second kappa shape index (κ2) is 7.33. The number of para-hydroxylation sites is 1. The van der Waals surface area contributed by atoms with E-state index in [1.54, 1.807) is 0 Å². The van der Waals surface area contributed by atoms with Crippen molar-refractivity contribution in [3.05, 3.63) is 83.6 Å². The molecule has 7 nitrogen and oxygen atoms in total. The molecule has 27 heavy (non-hydrogen) atoms. The average molecular weight is 362 g/mol. The summed E-state index contributed by atoms with van der Waals surface area (Å²) in [7, 11) is 0. The maximum absolute atomic E-state index is 11.3. The van der Waals surface area contributed by atoms with E-state index < -0.39 is 12.1 Å². The SMILES string of the molecule is O=C(O)NC(Cc1c[nH]c2ccccc12)c1nc(Cc2ccccc2)no1. The van der Waals surface area contributed by atoms with Gasteiger partial charge in [-0.05, 0) is 17.2 Å². The fraction of sp³-hybridized carbons (Fsp3) is 0.150. The summed E-state index contributed by atoms with van der Waals surface area (Å²) in [5, 5.41) is 16.7. The van der Waals surface area contributed by atoms with Crippen LogP contribution in [0.3, 0.4) is 0 Å². The molecule has 2 aromatic heterocycles. The van der Waals surface area contributed by atoms with Crippen molar-refractivity contribution in [2.75, 3.05) is 0 Å². The molecule has 2 heterocycles. The first-order chi connectivity index (χ1) is 13.2. The lowest BCUT2D eigenvalue weighted by molar-refractivity contribution is 0.186. The van der Waals surface area contributed by atoms with Gasteiger partial charge in [0.2, 0.25) is 5.89 Å². The second-order valence-corrected chi connectivity index (χ2v) is 6.28. The third-order valence-electron chi connectivity index (χ3n) is 4.38. The van der Waals surface area contributed by atoms with E-state index in [0.717, 1.165) is 22.0 Å². The number of aromatic nitrogens is 3. The lowest BCUT2D eigenvalue weighted by Crippen LogP contribution is -2.28. The molecule has 0 saturated heterocycles. The third kappa shape index (κ3) is 3.82. The number of nitrogens with zero attached hydrogens (tertiary/aromatic N) is 2. The molecule has 0 saturated carbocycles. The number of H-pyrrole nitrogens is 1. The number of aromatic amines is 1. The van der Waals surface area contributed by atoms with E-state index in [1.165, 1.54) is 0 Å². The third-order valence-corrected chi connectivity index (χ3v) is 4.38. The molecule has 1 unspecified atom stereocenters. The lowest BCUT2D eigenvalue weighted by atomic mass is 10.0. The van der Waals surface area contributed by atoms with Gasteiger partial charge in [0.1, 0.15) is 6.04 Å². The molecule has 0 aliphatic rings. The van der Waals surface area contributed by atoms with E-state index in [9.17, 15) is 9.90 Å². The summed E-state index contributed by atoms with van der Waals surface area (Å²) in [5.41, 5.74) is 3.04. The first-order valence-electron chi connectivity index (χ1n) is 8.60. The van der Waals surface area contributed by atoms with E-state index in [0.29, 0.717) is 18.7 Å². The van der Waals surface area contributed by atoms with Crippen molar-refractivity contribution in [3.63, 3.8) is 0 Å². The molecule has 1 atom stereocenters. The van der Waals surface area contributed by atoms with Crippen molar-refractivity contribution in [2.24, 2.45) is 0 Å². The van der Waals surface area contributed by atoms with Gasteiger partial charge in [-0.15, -0.1) is 0 Å². The number of hydrogen-bond donors (Lipinski definition) is 3. The Morgan fingerprint density at radius 3 is 2.74 bits per heavy atom. The van der Waals surface area contributed by atoms with E-state index in [4.69, 9.17) is 4.52 Å². The number of hydrogen-bond acceptors (Lipinski definition) is 4.